The molecule has 2 aromatic rings. The number of anilines is 1. The van der Waals surface area contributed by atoms with Crippen molar-refractivity contribution in [3.05, 3.63) is 34.9 Å². The molecule has 3 rings (SSSR count). The number of aromatic nitrogens is 2. The lowest BCUT2D eigenvalue weighted by atomic mass is 10.0. The molecule has 1 aliphatic rings. The van der Waals surface area contributed by atoms with Gasteiger partial charge in [0.05, 0.1) is 11.3 Å². The van der Waals surface area contributed by atoms with E-state index in [0.717, 1.165) is 41.3 Å². The van der Waals surface area contributed by atoms with Crippen LogP contribution in [-0.4, -0.2) is 35.8 Å². The molecule has 138 valence electrons. The number of thioether (sulfide) groups is 1. The van der Waals surface area contributed by atoms with Crippen LogP contribution in [0.2, 0.25) is 0 Å². The smallest absolute Gasteiger partial charge is 0.221 e. The molecule has 0 aliphatic heterocycles. The maximum Gasteiger partial charge on any atom is 0.221 e. The van der Waals surface area contributed by atoms with Gasteiger partial charge in [0.25, 0.3) is 0 Å². The van der Waals surface area contributed by atoms with Crippen molar-refractivity contribution in [2.24, 2.45) is 0 Å². The Morgan fingerprint density at radius 1 is 1.31 bits per heavy atom. The molecule has 1 aromatic carbocycles. The zero-order valence-corrected chi connectivity index (χ0v) is 16.2. The third-order valence-electron chi connectivity index (χ3n) is 3.96. The predicted molar refractivity (Wildman–Crippen MR) is 103 cm³/mol. The molecule has 0 amide bonds. The van der Waals surface area contributed by atoms with E-state index in [-0.39, 0.29) is 27.7 Å². The number of hydrogen-bond acceptors (Lipinski definition) is 7. The summed E-state index contributed by atoms with van der Waals surface area (Å²) in [6, 6.07) is 5.82. The number of aryl methyl sites for hydroxylation is 2. The van der Waals surface area contributed by atoms with E-state index in [1.807, 2.05) is 32.0 Å². The van der Waals surface area contributed by atoms with Crippen LogP contribution in [0.25, 0.3) is 11.3 Å². The average molecular weight is 393 g/mol. The molecular weight excluding hydrogens is 372 g/mol. The SMILES string of the molecule is Cc1ccc(-c2nc(N)nc(SCS(=O)(=O)NC3CC3)c2C=O)c(C)c1. The van der Waals surface area contributed by atoms with Crippen LogP contribution < -0.4 is 10.5 Å². The van der Waals surface area contributed by atoms with Gasteiger partial charge in [-0.25, -0.2) is 23.1 Å². The Morgan fingerprint density at radius 3 is 2.65 bits per heavy atom. The second-order valence-corrected chi connectivity index (χ2v) is 9.44. The van der Waals surface area contributed by atoms with Gasteiger partial charge in [-0.1, -0.05) is 35.5 Å². The summed E-state index contributed by atoms with van der Waals surface area (Å²) in [5.41, 5.74) is 9.29. The molecular formula is C17H20N4O3S2. The quantitative estimate of drug-likeness (QED) is 0.422. The molecule has 0 radical (unpaired) electrons. The van der Waals surface area contributed by atoms with Crippen LogP contribution in [0.15, 0.2) is 23.2 Å². The van der Waals surface area contributed by atoms with E-state index in [4.69, 9.17) is 5.73 Å². The Labute approximate surface area is 156 Å². The molecule has 7 nitrogen and oxygen atoms in total. The number of sulfonamides is 1. The van der Waals surface area contributed by atoms with Crippen molar-refractivity contribution in [1.82, 2.24) is 14.7 Å². The van der Waals surface area contributed by atoms with E-state index in [0.29, 0.717) is 12.0 Å². The summed E-state index contributed by atoms with van der Waals surface area (Å²) in [6.45, 7) is 3.90. The number of benzene rings is 1. The van der Waals surface area contributed by atoms with Gasteiger partial charge in [0.2, 0.25) is 16.0 Å². The van der Waals surface area contributed by atoms with Gasteiger partial charge in [0, 0.05) is 11.6 Å². The summed E-state index contributed by atoms with van der Waals surface area (Å²) in [4.78, 5) is 20.0. The van der Waals surface area contributed by atoms with Crippen molar-refractivity contribution in [3.63, 3.8) is 0 Å². The number of carbonyl (C=O) groups is 1. The van der Waals surface area contributed by atoms with E-state index in [1.54, 1.807) is 0 Å². The van der Waals surface area contributed by atoms with Crippen molar-refractivity contribution in [2.45, 2.75) is 37.8 Å². The van der Waals surface area contributed by atoms with Crippen LogP contribution in [0.3, 0.4) is 0 Å². The van der Waals surface area contributed by atoms with Crippen LogP contribution in [-0.2, 0) is 10.0 Å². The monoisotopic (exact) mass is 392 g/mol. The van der Waals surface area contributed by atoms with Gasteiger partial charge in [-0.2, -0.15) is 0 Å². The van der Waals surface area contributed by atoms with Crippen molar-refractivity contribution in [3.8, 4) is 11.3 Å². The van der Waals surface area contributed by atoms with E-state index < -0.39 is 10.0 Å². The lowest BCUT2D eigenvalue weighted by Crippen LogP contribution is -2.27. The molecule has 1 fully saturated rings. The Balaban J connectivity index is 1.95. The van der Waals surface area contributed by atoms with Crippen LogP contribution in [0.4, 0.5) is 5.95 Å². The highest BCUT2D eigenvalue weighted by atomic mass is 32.3. The normalized spacial score (nSPS) is 14.4. The standard InChI is InChI=1S/C17H20N4O3S2/c1-10-3-6-13(11(2)7-10)15-14(8-22)16(20-17(18)19-15)25-9-26(23,24)21-12-4-5-12/h3,6-8,12,21H,4-5,9H2,1-2H3,(H2,18,19,20). The second kappa shape index (κ2) is 7.34. The zero-order chi connectivity index (χ0) is 18.9. The third kappa shape index (κ3) is 4.40. The van der Waals surface area contributed by atoms with Crippen LogP contribution in [0, 0.1) is 13.8 Å². The highest BCUT2D eigenvalue weighted by molar-refractivity contribution is 8.11. The number of aldehydes is 1. The van der Waals surface area contributed by atoms with Gasteiger partial charge in [-0.3, -0.25) is 4.79 Å². The largest absolute Gasteiger partial charge is 0.368 e. The van der Waals surface area contributed by atoms with E-state index in [1.165, 1.54) is 0 Å². The Morgan fingerprint density at radius 2 is 2.04 bits per heavy atom. The van der Waals surface area contributed by atoms with Gasteiger partial charge in [-0.05, 0) is 32.3 Å². The van der Waals surface area contributed by atoms with Crippen molar-refractivity contribution < 1.29 is 13.2 Å². The fraction of sp³-hybridized carbons (Fsp3) is 0.353. The molecule has 26 heavy (non-hydrogen) atoms. The van der Waals surface area contributed by atoms with E-state index in [2.05, 4.69) is 14.7 Å². The summed E-state index contributed by atoms with van der Waals surface area (Å²) in [5, 5.41) is 0.0382. The zero-order valence-electron chi connectivity index (χ0n) is 14.5. The van der Waals surface area contributed by atoms with Crippen molar-refractivity contribution in [2.75, 3.05) is 10.8 Å². The summed E-state index contributed by atoms with van der Waals surface area (Å²) < 4.78 is 26.8. The van der Waals surface area contributed by atoms with Gasteiger partial charge in [0.1, 0.15) is 10.1 Å². The average Bonchev–Trinajstić information content (AvgIpc) is 3.36. The Bertz CT molecular complexity index is 957. The maximum atomic E-state index is 12.1. The van der Waals surface area contributed by atoms with Crippen molar-refractivity contribution in [1.29, 1.82) is 0 Å². The molecule has 0 spiro atoms. The minimum absolute atomic E-state index is 0.000579. The summed E-state index contributed by atoms with van der Waals surface area (Å²) in [6.07, 6.45) is 2.37. The number of hydrogen-bond donors (Lipinski definition) is 2. The highest BCUT2D eigenvalue weighted by Crippen LogP contribution is 2.32. The van der Waals surface area contributed by atoms with E-state index in [9.17, 15) is 13.2 Å². The molecule has 1 aromatic heterocycles. The molecule has 1 heterocycles. The third-order valence-corrected chi connectivity index (χ3v) is 6.95. The van der Waals surface area contributed by atoms with Gasteiger partial charge >= 0.3 is 0 Å². The van der Waals surface area contributed by atoms with E-state index >= 15 is 0 Å². The fourth-order valence-corrected chi connectivity index (χ4v) is 5.13. The molecule has 9 heteroatoms. The molecule has 0 saturated heterocycles. The number of nitrogens with zero attached hydrogens (tertiary/aromatic N) is 2. The van der Waals surface area contributed by atoms with Crippen molar-refractivity contribution >= 4 is 34.0 Å². The predicted octanol–water partition coefficient (Wildman–Crippen LogP) is 2.29. The fourth-order valence-electron chi connectivity index (χ4n) is 2.59. The Hall–Kier alpha value is -1.97. The van der Waals surface area contributed by atoms with Gasteiger partial charge < -0.3 is 5.73 Å². The second-order valence-electron chi connectivity index (χ2n) is 6.35. The number of nitrogen functional groups attached to an aromatic ring is 1. The molecule has 3 N–H and O–H groups in total. The maximum absolute atomic E-state index is 12.1. The topological polar surface area (TPSA) is 115 Å². The summed E-state index contributed by atoms with van der Waals surface area (Å²) >= 11 is 0.968. The first-order chi connectivity index (χ1) is 12.3. The number of nitrogens with two attached hydrogens (primary N) is 1. The summed E-state index contributed by atoms with van der Waals surface area (Å²) in [7, 11) is -3.45. The molecule has 1 saturated carbocycles. The molecule has 1 aliphatic carbocycles. The lowest BCUT2D eigenvalue weighted by molar-refractivity contribution is 0.112. The van der Waals surface area contributed by atoms with Crippen LogP contribution in [0.5, 0.6) is 0 Å². The summed E-state index contributed by atoms with van der Waals surface area (Å²) in [5.74, 6) is 0.000579. The number of rotatable bonds is 7. The van der Waals surface area contributed by atoms with Crippen LogP contribution in [0.1, 0.15) is 34.3 Å². The van der Waals surface area contributed by atoms with Gasteiger partial charge in [-0.15, -0.1) is 0 Å². The van der Waals surface area contributed by atoms with Crippen LogP contribution >= 0.6 is 11.8 Å². The minimum Gasteiger partial charge on any atom is -0.368 e. The first kappa shape index (κ1) is 18.8. The number of carbonyl (C=O) groups excluding carboxylic acids is 1. The lowest BCUT2D eigenvalue weighted by Gasteiger charge is -2.12. The number of nitrogens with one attached hydrogen (secondary N) is 1. The highest BCUT2D eigenvalue weighted by Gasteiger charge is 2.27. The molecule has 0 bridgehead atoms. The van der Waals surface area contributed by atoms with Gasteiger partial charge in [0.15, 0.2) is 6.29 Å². The molecule has 0 unspecified atom stereocenters. The first-order valence-corrected chi connectivity index (χ1v) is 10.8. The Kier molecular flexibility index (Phi) is 5.31. The minimum atomic E-state index is -3.45. The molecule has 0 atom stereocenters. The first-order valence-electron chi connectivity index (χ1n) is 8.12.